The standard InChI is InChI=1S/C25H34ClN6O3/c26-21-8-10-23(11-9-21)34-18-6-2-1-5-15-32(25(29)30-19-28)22-12-16-31(17-13-22)20-35-24(33)7-3-4-14-27/h8-13,16-17H,1-7,14-15,18,20,27H2,(H2,29,30)/q+1. The van der Waals surface area contributed by atoms with E-state index in [4.69, 9.17) is 37.8 Å². The molecule has 0 aliphatic carbocycles. The number of nitrogens with zero attached hydrogens (tertiary/aromatic N) is 4. The molecule has 0 fully saturated rings. The van der Waals surface area contributed by atoms with Crippen LogP contribution in [0.2, 0.25) is 5.02 Å². The van der Waals surface area contributed by atoms with Crippen molar-refractivity contribution >= 4 is 29.2 Å². The number of nitriles is 1. The van der Waals surface area contributed by atoms with Crippen molar-refractivity contribution < 1.29 is 18.8 Å². The van der Waals surface area contributed by atoms with Gasteiger partial charge in [0.05, 0.1) is 12.3 Å². The molecule has 35 heavy (non-hydrogen) atoms. The van der Waals surface area contributed by atoms with Gasteiger partial charge in [0.2, 0.25) is 12.2 Å². The van der Waals surface area contributed by atoms with Crippen molar-refractivity contribution in [3.8, 4) is 11.9 Å². The van der Waals surface area contributed by atoms with Crippen LogP contribution in [-0.4, -0.2) is 31.6 Å². The number of hydrogen-bond acceptors (Lipinski definition) is 6. The summed E-state index contributed by atoms with van der Waals surface area (Å²) in [6, 6.07) is 11.0. The van der Waals surface area contributed by atoms with Crippen LogP contribution >= 0.6 is 11.6 Å². The molecule has 188 valence electrons. The second kappa shape index (κ2) is 16.3. The van der Waals surface area contributed by atoms with Crippen LogP contribution < -0.4 is 25.7 Å². The Morgan fingerprint density at radius 3 is 2.46 bits per heavy atom. The summed E-state index contributed by atoms with van der Waals surface area (Å²) in [5, 5.41) is 9.62. The van der Waals surface area contributed by atoms with Crippen LogP contribution in [0.15, 0.2) is 53.8 Å². The lowest BCUT2D eigenvalue weighted by molar-refractivity contribution is -0.727. The van der Waals surface area contributed by atoms with Crippen LogP contribution in [0.5, 0.6) is 5.75 Å². The number of ether oxygens (including phenoxy) is 2. The van der Waals surface area contributed by atoms with E-state index in [9.17, 15) is 4.79 Å². The highest BCUT2D eigenvalue weighted by Crippen LogP contribution is 2.16. The van der Waals surface area contributed by atoms with Crippen molar-refractivity contribution in [3.63, 3.8) is 0 Å². The molecule has 1 aromatic heterocycles. The number of esters is 1. The van der Waals surface area contributed by atoms with Crippen LogP contribution in [0.4, 0.5) is 5.69 Å². The largest absolute Gasteiger partial charge is 0.494 e. The lowest BCUT2D eigenvalue weighted by Crippen LogP contribution is -2.40. The molecule has 0 atom stereocenters. The molecule has 0 bridgehead atoms. The third-order valence-corrected chi connectivity index (χ3v) is 5.45. The number of nitrogens with two attached hydrogens (primary N) is 2. The summed E-state index contributed by atoms with van der Waals surface area (Å²) in [6.07, 6.45) is 11.0. The van der Waals surface area contributed by atoms with Crippen molar-refractivity contribution in [1.82, 2.24) is 0 Å². The molecule has 0 saturated heterocycles. The lowest BCUT2D eigenvalue weighted by atomic mass is 10.2. The highest BCUT2D eigenvalue weighted by molar-refractivity contribution is 6.30. The number of anilines is 1. The Morgan fingerprint density at radius 1 is 1.06 bits per heavy atom. The van der Waals surface area contributed by atoms with Crippen molar-refractivity contribution in [2.24, 2.45) is 16.5 Å². The minimum Gasteiger partial charge on any atom is -0.494 e. The molecule has 0 spiro atoms. The Morgan fingerprint density at radius 2 is 1.77 bits per heavy atom. The number of carbonyl (C=O) groups is 1. The molecular weight excluding hydrogens is 468 g/mol. The molecule has 0 saturated carbocycles. The van der Waals surface area contributed by atoms with Gasteiger partial charge in [-0.05, 0) is 56.5 Å². The van der Waals surface area contributed by atoms with Crippen LogP contribution in [-0.2, 0) is 16.3 Å². The zero-order valence-electron chi connectivity index (χ0n) is 19.9. The highest BCUT2D eigenvalue weighted by Gasteiger charge is 2.13. The van der Waals surface area contributed by atoms with Gasteiger partial charge in [-0.25, -0.2) is 0 Å². The topological polar surface area (TPSA) is 131 Å². The molecule has 0 aliphatic heterocycles. The molecule has 2 rings (SSSR count). The average Bonchev–Trinajstić information content (AvgIpc) is 2.86. The first-order chi connectivity index (χ1) is 17.0. The monoisotopic (exact) mass is 501 g/mol. The van der Waals surface area contributed by atoms with Crippen LogP contribution in [0.3, 0.4) is 0 Å². The predicted octanol–water partition coefficient (Wildman–Crippen LogP) is 3.50. The molecule has 1 heterocycles. The van der Waals surface area contributed by atoms with E-state index in [2.05, 4.69) is 4.99 Å². The molecule has 0 aliphatic rings. The number of unbranched alkanes of at least 4 members (excludes halogenated alkanes) is 4. The normalized spacial score (nSPS) is 11.1. The van der Waals surface area contributed by atoms with Crippen molar-refractivity contribution in [3.05, 3.63) is 53.8 Å². The molecule has 2 aromatic rings. The number of carbonyl (C=O) groups excluding carboxylic acids is 1. The zero-order valence-corrected chi connectivity index (χ0v) is 20.7. The molecule has 10 heteroatoms. The summed E-state index contributed by atoms with van der Waals surface area (Å²) >= 11 is 5.88. The summed E-state index contributed by atoms with van der Waals surface area (Å²) in [5.74, 6) is 0.701. The zero-order chi connectivity index (χ0) is 25.3. The molecule has 4 N–H and O–H groups in total. The first-order valence-electron chi connectivity index (χ1n) is 11.8. The number of halogens is 1. The molecular formula is C25H34ClN6O3+. The Bertz CT molecular complexity index is 961. The van der Waals surface area contributed by atoms with Gasteiger partial charge in [0.15, 0.2) is 12.4 Å². The fraction of sp³-hybridized carbons (Fsp3) is 0.440. The van der Waals surface area contributed by atoms with Gasteiger partial charge in [0, 0.05) is 30.1 Å². The van der Waals surface area contributed by atoms with Crippen LogP contribution in [0.25, 0.3) is 0 Å². The maximum Gasteiger partial charge on any atom is 0.310 e. The van der Waals surface area contributed by atoms with Crippen LogP contribution in [0, 0.1) is 11.5 Å². The number of hydrogen-bond donors (Lipinski definition) is 2. The van der Waals surface area contributed by atoms with Crippen molar-refractivity contribution in [2.75, 3.05) is 24.6 Å². The minimum atomic E-state index is -0.249. The van der Waals surface area contributed by atoms with Crippen molar-refractivity contribution in [1.29, 1.82) is 5.26 Å². The van der Waals surface area contributed by atoms with E-state index in [0.717, 1.165) is 50.0 Å². The fourth-order valence-electron chi connectivity index (χ4n) is 3.28. The molecule has 0 radical (unpaired) electrons. The van der Waals surface area contributed by atoms with E-state index >= 15 is 0 Å². The van der Waals surface area contributed by atoms with E-state index in [1.165, 1.54) is 0 Å². The minimum absolute atomic E-state index is 0.127. The maximum atomic E-state index is 11.8. The van der Waals surface area contributed by atoms with Gasteiger partial charge < -0.3 is 25.8 Å². The van der Waals surface area contributed by atoms with Gasteiger partial charge >= 0.3 is 5.97 Å². The second-order valence-corrected chi connectivity index (χ2v) is 8.34. The summed E-state index contributed by atoms with van der Waals surface area (Å²) in [5.41, 5.74) is 12.3. The first-order valence-corrected chi connectivity index (χ1v) is 12.1. The van der Waals surface area contributed by atoms with Gasteiger partial charge in [-0.1, -0.05) is 24.4 Å². The average molecular weight is 502 g/mol. The molecule has 0 unspecified atom stereocenters. The Hall–Kier alpha value is -3.35. The SMILES string of the molecule is N#CN=C(N)N(CCCCCCOc1ccc(Cl)cc1)c1cc[n+](COC(=O)CCCCN)cc1. The van der Waals surface area contributed by atoms with Gasteiger partial charge in [-0.3, -0.25) is 4.79 Å². The van der Waals surface area contributed by atoms with Gasteiger partial charge in [0.25, 0.3) is 6.73 Å². The summed E-state index contributed by atoms with van der Waals surface area (Å²) in [7, 11) is 0. The summed E-state index contributed by atoms with van der Waals surface area (Å²) < 4.78 is 12.7. The third-order valence-electron chi connectivity index (χ3n) is 5.19. The van der Waals surface area contributed by atoms with E-state index in [-0.39, 0.29) is 18.7 Å². The van der Waals surface area contributed by atoms with E-state index in [0.29, 0.717) is 31.1 Å². The predicted molar refractivity (Wildman–Crippen MR) is 136 cm³/mol. The van der Waals surface area contributed by atoms with E-state index < -0.39 is 0 Å². The third kappa shape index (κ3) is 11.1. The summed E-state index contributed by atoms with van der Waals surface area (Å²) in [6.45, 7) is 1.95. The Labute approximate surface area is 211 Å². The Balaban J connectivity index is 1.77. The lowest BCUT2D eigenvalue weighted by Gasteiger charge is -2.22. The smallest absolute Gasteiger partial charge is 0.310 e. The quantitative estimate of drug-likeness (QED) is 0.0953. The number of benzene rings is 1. The fourth-order valence-corrected chi connectivity index (χ4v) is 3.41. The number of aromatic nitrogens is 1. The second-order valence-electron chi connectivity index (χ2n) is 7.90. The van der Waals surface area contributed by atoms with Crippen LogP contribution in [0.1, 0.15) is 44.9 Å². The number of pyridine rings is 1. The van der Waals surface area contributed by atoms with Crippen molar-refractivity contribution in [2.45, 2.75) is 51.7 Å². The Kier molecular flexibility index (Phi) is 13.0. The van der Waals surface area contributed by atoms with E-state index in [1.807, 2.05) is 24.3 Å². The molecule has 0 amide bonds. The number of rotatable bonds is 15. The molecule has 1 aromatic carbocycles. The van der Waals surface area contributed by atoms with E-state index in [1.54, 1.807) is 40.2 Å². The van der Waals surface area contributed by atoms with Gasteiger partial charge in [-0.2, -0.15) is 9.83 Å². The number of guanidine groups is 1. The molecule has 9 nitrogen and oxygen atoms in total. The highest BCUT2D eigenvalue weighted by atomic mass is 35.5. The number of aliphatic imine (C=N–C) groups is 1. The van der Waals surface area contributed by atoms with Gasteiger partial charge in [-0.15, -0.1) is 4.99 Å². The van der Waals surface area contributed by atoms with Gasteiger partial charge in [0.1, 0.15) is 5.75 Å². The maximum absolute atomic E-state index is 11.8. The first kappa shape index (κ1) is 27.9. The summed E-state index contributed by atoms with van der Waals surface area (Å²) in [4.78, 5) is 17.3.